The molecule has 2 heterocycles. The predicted molar refractivity (Wildman–Crippen MR) is 120 cm³/mol. The number of morpholine rings is 1. The Balaban J connectivity index is 1.89. The van der Waals surface area contributed by atoms with Gasteiger partial charge in [0.1, 0.15) is 17.3 Å². The molecule has 1 aromatic carbocycles. The van der Waals surface area contributed by atoms with Crippen molar-refractivity contribution in [3.8, 4) is 11.5 Å². The molecule has 1 N–H and O–H groups in total. The van der Waals surface area contributed by atoms with Crippen molar-refractivity contribution < 1.29 is 23.8 Å². The third kappa shape index (κ3) is 4.01. The third-order valence-corrected chi connectivity index (χ3v) is 6.54. The minimum absolute atomic E-state index is 0.0575. The van der Waals surface area contributed by atoms with E-state index in [1.165, 1.54) is 0 Å². The first-order valence-corrected chi connectivity index (χ1v) is 11.1. The molecule has 0 bridgehead atoms. The summed E-state index contributed by atoms with van der Waals surface area (Å²) in [5, 5.41) is 3.41. The van der Waals surface area contributed by atoms with Crippen LogP contribution in [0.4, 0.5) is 0 Å². The van der Waals surface area contributed by atoms with Crippen molar-refractivity contribution in [2.24, 2.45) is 11.3 Å². The van der Waals surface area contributed by atoms with Crippen molar-refractivity contribution in [1.29, 1.82) is 0 Å². The first kappa shape index (κ1) is 22.4. The number of hydrogen-bond acceptors (Lipinski definition) is 6. The number of carbonyl (C=O) groups is 2. The van der Waals surface area contributed by atoms with Crippen LogP contribution in [0.1, 0.15) is 38.7 Å². The molecule has 0 radical (unpaired) electrons. The Labute approximate surface area is 189 Å². The Hall–Kier alpha value is -2.80. The highest BCUT2D eigenvalue weighted by atomic mass is 16.5. The van der Waals surface area contributed by atoms with Gasteiger partial charge in [0.2, 0.25) is 0 Å². The molecule has 1 amide bonds. The van der Waals surface area contributed by atoms with Gasteiger partial charge in [-0.15, -0.1) is 0 Å². The summed E-state index contributed by atoms with van der Waals surface area (Å²) in [7, 11) is 3.20. The van der Waals surface area contributed by atoms with Crippen LogP contribution < -0.4 is 14.8 Å². The fourth-order valence-corrected chi connectivity index (χ4v) is 5.10. The molecule has 1 aromatic rings. The van der Waals surface area contributed by atoms with Crippen LogP contribution in [0, 0.1) is 11.3 Å². The van der Waals surface area contributed by atoms with Crippen molar-refractivity contribution in [3.63, 3.8) is 0 Å². The number of ether oxygens (including phenoxy) is 3. The van der Waals surface area contributed by atoms with E-state index in [0.29, 0.717) is 49.8 Å². The Morgan fingerprint density at radius 2 is 1.88 bits per heavy atom. The van der Waals surface area contributed by atoms with E-state index in [1.807, 2.05) is 30.0 Å². The zero-order valence-electron chi connectivity index (χ0n) is 19.5. The Morgan fingerprint density at radius 3 is 2.53 bits per heavy atom. The van der Waals surface area contributed by atoms with Gasteiger partial charge in [0.15, 0.2) is 0 Å². The number of allylic oxidation sites excluding steroid dienone is 3. The molecule has 1 fully saturated rings. The molecule has 0 spiro atoms. The molecule has 2 atom stereocenters. The molecule has 0 saturated carbocycles. The molecule has 172 valence electrons. The maximum atomic E-state index is 13.8. The van der Waals surface area contributed by atoms with E-state index >= 15 is 0 Å². The van der Waals surface area contributed by atoms with Crippen LogP contribution in [-0.4, -0.2) is 57.1 Å². The predicted octanol–water partition coefficient (Wildman–Crippen LogP) is 3.02. The second-order valence-corrected chi connectivity index (χ2v) is 9.36. The van der Waals surface area contributed by atoms with E-state index in [0.717, 1.165) is 17.0 Å². The van der Waals surface area contributed by atoms with Crippen LogP contribution >= 0.6 is 0 Å². The highest BCUT2D eigenvalue weighted by molar-refractivity contribution is 5.99. The second kappa shape index (κ2) is 8.62. The first-order valence-electron chi connectivity index (χ1n) is 11.1. The van der Waals surface area contributed by atoms with Crippen molar-refractivity contribution in [1.82, 2.24) is 10.2 Å². The first-order chi connectivity index (χ1) is 15.3. The van der Waals surface area contributed by atoms with E-state index in [4.69, 9.17) is 14.2 Å². The van der Waals surface area contributed by atoms with Gasteiger partial charge < -0.3 is 24.4 Å². The van der Waals surface area contributed by atoms with Crippen molar-refractivity contribution in [3.05, 3.63) is 46.8 Å². The van der Waals surface area contributed by atoms with Gasteiger partial charge in [0.25, 0.3) is 5.91 Å². The number of nitrogens with one attached hydrogen (secondary N) is 1. The lowest BCUT2D eigenvalue weighted by molar-refractivity contribution is -0.132. The lowest BCUT2D eigenvalue weighted by Crippen LogP contribution is -2.48. The van der Waals surface area contributed by atoms with Crippen LogP contribution in [0.2, 0.25) is 0 Å². The number of carbonyl (C=O) groups excluding carboxylic acids is 2. The molecule has 1 saturated heterocycles. The smallest absolute Gasteiger partial charge is 0.252 e. The Kier molecular flexibility index (Phi) is 6.03. The van der Waals surface area contributed by atoms with Gasteiger partial charge in [-0.25, -0.2) is 0 Å². The molecule has 7 nitrogen and oxygen atoms in total. The average molecular weight is 441 g/mol. The number of rotatable bonds is 4. The summed E-state index contributed by atoms with van der Waals surface area (Å²) in [5.41, 5.74) is 2.83. The molecule has 0 aromatic heterocycles. The largest absolute Gasteiger partial charge is 0.497 e. The zero-order valence-corrected chi connectivity index (χ0v) is 19.5. The molecule has 32 heavy (non-hydrogen) atoms. The van der Waals surface area contributed by atoms with Crippen LogP contribution in [0.5, 0.6) is 11.5 Å². The number of ketones is 1. The minimum Gasteiger partial charge on any atom is -0.497 e. The standard InChI is InChI=1S/C25H32N2O5/c1-15-21(24(29)27-8-10-32-11-9-27)22(17-7-6-16(30-4)12-20(17)31-5)23-18(26-15)13-25(2,3)14-19(23)28/h6-7,12-13,22-23,26H,8-11,14H2,1-5H3. The molecule has 2 unspecified atom stereocenters. The second-order valence-electron chi connectivity index (χ2n) is 9.36. The average Bonchev–Trinajstić information content (AvgIpc) is 2.77. The van der Waals surface area contributed by atoms with Crippen molar-refractivity contribution in [2.45, 2.75) is 33.1 Å². The summed E-state index contributed by atoms with van der Waals surface area (Å²) >= 11 is 0. The zero-order chi connectivity index (χ0) is 23.0. The highest BCUT2D eigenvalue weighted by Gasteiger charge is 2.47. The molecular formula is C25H32N2O5. The summed E-state index contributed by atoms with van der Waals surface area (Å²) in [4.78, 5) is 29.1. The number of amides is 1. The Morgan fingerprint density at radius 1 is 1.16 bits per heavy atom. The maximum Gasteiger partial charge on any atom is 0.252 e. The lowest BCUT2D eigenvalue weighted by Gasteiger charge is -2.43. The molecular weight excluding hydrogens is 408 g/mol. The summed E-state index contributed by atoms with van der Waals surface area (Å²) in [5.74, 6) is 0.429. The van der Waals surface area contributed by atoms with E-state index < -0.39 is 11.8 Å². The highest BCUT2D eigenvalue weighted by Crippen LogP contribution is 2.49. The maximum absolute atomic E-state index is 13.8. The fraction of sp³-hybridized carbons (Fsp3) is 0.520. The number of methoxy groups -OCH3 is 2. The van der Waals surface area contributed by atoms with Crippen LogP contribution in [0.3, 0.4) is 0 Å². The van der Waals surface area contributed by atoms with Crippen LogP contribution in [0.15, 0.2) is 41.2 Å². The summed E-state index contributed by atoms with van der Waals surface area (Å²) < 4.78 is 16.5. The van der Waals surface area contributed by atoms with Gasteiger partial charge in [0, 0.05) is 54.0 Å². The monoisotopic (exact) mass is 440 g/mol. The van der Waals surface area contributed by atoms with Gasteiger partial charge in [-0.1, -0.05) is 26.0 Å². The minimum atomic E-state index is -0.464. The topological polar surface area (TPSA) is 77.1 Å². The molecule has 4 rings (SSSR count). The van der Waals surface area contributed by atoms with Gasteiger partial charge in [-0.05, 0) is 18.4 Å². The number of fused-ring (bicyclic) bond motifs is 1. The number of hydrogen-bond donors (Lipinski definition) is 1. The quantitative estimate of drug-likeness (QED) is 0.776. The van der Waals surface area contributed by atoms with Crippen molar-refractivity contribution >= 4 is 11.7 Å². The summed E-state index contributed by atoms with van der Waals surface area (Å²) in [6.07, 6.45) is 2.57. The van der Waals surface area contributed by atoms with Crippen molar-refractivity contribution in [2.75, 3.05) is 40.5 Å². The van der Waals surface area contributed by atoms with E-state index in [2.05, 4.69) is 25.2 Å². The third-order valence-electron chi connectivity index (χ3n) is 6.54. The fourth-order valence-electron chi connectivity index (χ4n) is 5.10. The van der Waals surface area contributed by atoms with Crippen LogP contribution in [-0.2, 0) is 14.3 Å². The van der Waals surface area contributed by atoms with Gasteiger partial charge >= 0.3 is 0 Å². The van der Waals surface area contributed by atoms with Gasteiger partial charge in [-0.3, -0.25) is 9.59 Å². The number of Topliss-reactive ketones (excluding diaryl/α,β-unsaturated/α-hetero) is 1. The summed E-state index contributed by atoms with van der Waals surface area (Å²) in [6.45, 7) is 8.15. The SMILES string of the molecule is COc1ccc(C2C(C(=O)N3CCOCC3)=C(C)NC3=CC(C)(C)CC(=O)C32)c(OC)c1. The molecule has 7 heteroatoms. The van der Waals surface area contributed by atoms with E-state index in [9.17, 15) is 9.59 Å². The van der Waals surface area contributed by atoms with Crippen LogP contribution in [0.25, 0.3) is 0 Å². The normalized spacial score (nSPS) is 25.0. The van der Waals surface area contributed by atoms with E-state index in [-0.39, 0.29) is 17.1 Å². The molecule has 2 aliphatic heterocycles. The molecule has 1 aliphatic carbocycles. The summed E-state index contributed by atoms with van der Waals surface area (Å²) in [6, 6.07) is 5.58. The van der Waals surface area contributed by atoms with Gasteiger partial charge in [-0.2, -0.15) is 0 Å². The lowest BCUT2D eigenvalue weighted by atomic mass is 9.66. The Bertz CT molecular complexity index is 988. The van der Waals surface area contributed by atoms with Gasteiger partial charge in [0.05, 0.1) is 33.4 Å². The van der Waals surface area contributed by atoms with E-state index in [1.54, 1.807) is 14.2 Å². The number of nitrogens with zero attached hydrogens (tertiary/aromatic N) is 1. The molecule has 3 aliphatic rings. The number of benzene rings is 1.